The number of halogens is 1. The molecule has 0 saturated heterocycles. The second kappa shape index (κ2) is 5.35. The maximum atomic E-state index is 10.3. The van der Waals surface area contributed by atoms with Crippen LogP contribution in [0.4, 0.5) is 0 Å². The van der Waals surface area contributed by atoms with Crippen molar-refractivity contribution in [2.45, 2.75) is 18.6 Å². The Morgan fingerprint density at radius 1 is 1.20 bits per heavy atom. The fraction of sp³-hybridized carbons (Fsp3) is 0.250. The topological polar surface area (TPSA) is 38.7 Å². The van der Waals surface area contributed by atoms with E-state index in [1.807, 2.05) is 42.5 Å². The average Bonchev–Trinajstić information content (AvgIpc) is 2.47. The van der Waals surface area contributed by atoms with E-state index in [0.717, 1.165) is 11.1 Å². The largest absolute Gasteiger partial charge is 0.497 e. The molecule has 0 radical (unpaired) electrons. The minimum Gasteiger partial charge on any atom is -0.497 e. The first-order valence-electron chi connectivity index (χ1n) is 6.46. The lowest BCUT2D eigenvalue weighted by molar-refractivity contribution is 0.0655. The van der Waals surface area contributed by atoms with Crippen LogP contribution in [0.5, 0.6) is 11.5 Å². The van der Waals surface area contributed by atoms with E-state index < -0.39 is 6.10 Å². The number of aliphatic hydroxyl groups excluding tert-OH is 1. The molecule has 0 aliphatic carbocycles. The summed E-state index contributed by atoms with van der Waals surface area (Å²) in [7, 11) is 1.60. The molecule has 1 aliphatic heterocycles. The molecule has 4 heteroatoms. The minimum atomic E-state index is -0.588. The van der Waals surface area contributed by atoms with E-state index in [-0.39, 0.29) is 6.10 Å². The van der Waals surface area contributed by atoms with E-state index >= 15 is 0 Å². The zero-order chi connectivity index (χ0) is 14.1. The van der Waals surface area contributed by atoms with Gasteiger partial charge in [-0.25, -0.2) is 0 Å². The van der Waals surface area contributed by atoms with Crippen LogP contribution in [0.15, 0.2) is 42.5 Å². The molecule has 0 aromatic heterocycles. The lowest BCUT2D eigenvalue weighted by Gasteiger charge is -2.30. The molecule has 0 bridgehead atoms. The molecule has 2 unspecified atom stereocenters. The highest BCUT2D eigenvalue weighted by atomic mass is 35.5. The number of benzene rings is 2. The molecule has 1 N–H and O–H groups in total. The van der Waals surface area contributed by atoms with Crippen molar-refractivity contribution in [1.29, 1.82) is 0 Å². The van der Waals surface area contributed by atoms with E-state index in [1.54, 1.807) is 7.11 Å². The molecule has 0 fully saturated rings. The second-order valence-corrected chi connectivity index (χ2v) is 5.19. The van der Waals surface area contributed by atoms with Crippen molar-refractivity contribution in [3.05, 3.63) is 58.6 Å². The van der Waals surface area contributed by atoms with Gasteiger partial charge in [-0.1, -0.05) is 29.8 Å². The zero-order valence-electron chi connectivity index (χ0n) is 11.0. The van der Waals surface area contributed by atoms with Crippen LogP contribution in [-0.4, -0.2) is 12.2 Å². The Hall–Kier alpha value is -1.71. The fourth-order valence-corrected chi connectivity index (χ4v) is 2.74. The summed E-state index contributed by atoms with van der Waals surface area (Å²) in [5.74, 6) is 1.39. The van der Waals surface area contributed by atoms with Gasteiger partial charge in [0, 0.05) is 22.6 Å². The Labute approximate surface area is 122 Å². The number of rotatable bonds is 2. The molecule has 20 heavy (non-hydrogen) atoms. The van der Waals surface area contributed by atoms with E-state index in [1.165, 1.54) is 0 Å². The first-order valence-corrected chi connectivity index (χ1v) is 6.84. The smallest absolute Gasteiger partial charge is 0.128 e. The van der Waals surface area contributed by atoms with Gasteiger partial charge in [0.1, 0.15) is 17.6 Å². The molecule has 0 saturated carbocycles. The van der Waals surface area contributed by atoms with E-state index in [9.17, 15) is 5.11 Å². The summed E-state index contributed by atoms with van der Waals surface area (Å²) in [5.41, 5.74) is 1.65. The lowest BCUT2D eigenvalue weighted by atomic mass is 9.95. The molecular formula is C16H15ClO3. The zero-order valence-corrected chi connectivity index (χ0v) is 11.8. The van der Waals surface area contributed by atoms with Crippen LogP contribution >= 0.6 is 11.6 Å². The third-order valence-electron chi connectivity index (χ3n) is 3.53. The predicted octanol–water partition coefficient (Wildman–Crippen LogP) is 3.91. The van der Waals surface area contributed by atoms with Gasteiger partial charge in [-0.15, -0.1) is 0 Å². The van der Waals surface area contributed by atoms with Crippen LogP contribution in [0.25, 0.3) is 0 Å². The number of fused-ring (bicyclic) bond motifs is 1. The Morgan fingerprint density at radius 3 is 2.75 bits per heavy atom. The SMILES string of the molecule is COc1ccc2c(c1)C(O)CC(c1ccccc1Cl)O2. The van der Waals surface area contributed by atoms with Gasteiger partial charge in [0.15, 0.2) is 0 Å². The highest BCUT2D eigenvalue weighted by Crippen LogP contribution is 2.43. The summed E-state index contributed by atoms with van der Waals surface area (Å²) < 4.78 is 11.1. The monoisotopic (exact) mass is 290 g/mol. The third-order valence-corrected chi connectivity index (χ3v) is 3.88. The summed E-state index contributed by atoms with van der Waals surface area (Å²) in [6.07, 6.45) is -0.348. The highest BCUT2D eigenvalue weighted by molar-refractivity contribution is 6.31. The van der Waals surface area contributed by atoms with Crippen LogP contribution in [0.1, 0.15) is 29.8 Å². The number of hydrogen-bond acceptors (Lipinski definition) is 3. The Balaban J connectivity index is 1.95. The molecule has 0 spiro atoms. The maximum absolute atomic E-state index is 10.3. The van der Waals surface area contributed by atoms with Gasteiger partial charge in [0.2, 0.25) is 0 Å². The van der Waals surface area contributed by atoms with Gasteiger partial charge in [0.05, 0.1) is 13.2 Å². The number of ether oxygens (including phenoxy) is 2. The van der Waals surface area contributed by atoms with Crippen LogP contribution in [0.3, 0.4) is 0 Å². The van der Waals surface area contributed by atoms with Crippen molar-refractivity contribution >= 4 is 11.6 Å². The molecule has 104 valence electrons. The number of aliphatic hydroxyl groups is 1. The van der Waals surface area contributed by atoms with E-state index in [2.05, 4.69) is 0 Å². The van der Waals surface area contributed by atoms with Crippen LogP contribution < -0.4 is 9.47 Å². The molecule has 1 heterocycles. The van der Waals surface area contributed by atoms with Gasteiger partial charge in [-0.2, -0.15) is 0 Å². The molecule has 1 aliphatic rings. The summed E-state index contributed by atoms with van der Waals surface area (Å²) in [6.45, 7) is 0. The molecular weight excluding hydrogens is 276 g/mol. The summed E-state index contributed by atoms with van der Waals surface area (Å²) in [5, 5.41) is 11.0. The predicted molar refractivity (Wildman–Crippen MR) is 77.4 cm³/mol. The van der Waals surface area contributed by atoms with Crippen LogP contribution in [-0.2, 0) is 0 Å². The van der Waals surface area contributed by atoms with Gasteiger partial charge < -0.3 is 14.6 Å². The van der Waals surface area contributed by atoms with Crippen molar-refractivity contribution in [2.75, 3.05) is 7.11 Å². The number of hydrogen-bond donors (Lipinski definition) is 1. The van der Waals surface area contributed by atoms with E-state index in [4.69, 9.17) is 21.1 Å². The Kier molecular flexibility index (Phi) is 3.55. The summed E-state index contributed by atoms with van der Waals surface area (Å²) in [6, 6.07) is 13.0. The van der Waals surface area contributed by atoms with Crippen molar-refractivity contribution in [2.24, 2.45) is 0 Å². The maximum Gasteiger partial charge on any atom is 0.128 e. The quantitative estimate of drug-likeness (QED) is 0.911. The first-order chi connectivity index (χ1) is 9.69. The van der Waals surface area contributed by atoms with Gasteiger partial charge >= 0.3 is 0 Å². The van der Waals surface area contributed by atoms with Crippen molar-refractivity contribution in [1.82, 2.24) is 0 Å². The van der Waals surface area contributed by atoms with Crippen LogP contribution in [0.2, 0.25) is 5.02 Å². The van der Waals surface area contributed by atoms with Gasteiger partial charge in [-0.05, 0) is 24.3 Å². The molecule has 2 aromatic rings. The Bertz CT molecular complexity index is 627. The average molecular weight is 291 g/mol. The van der Waals surface area contributed by atoms with Gasteiger partial charge in [0.25, 0.3) is 0 Å². The molecule has 3 rings (SSSR count). The van der Waals surface area contributed by atoms with Crippen molar-refractivity contribution < 1.29 is 14.6 Å². The standard InChI is InChI=1S/C16H15ClO3/c1-19-10-6-7-15-12(8-10)14(18)9-16(20-15)11-4-2-3-5-13(11)17/h2-8,14,16,18H,9H2,1H3. The third kappa shape index (κ3) is 2.35. The highest BCUT2D eigenvalue weighted by Gasteiger charge is 2.29. The second-order valence-electron chi connectivity index (χ2n) is 4.78. The summed E-state index contributed by atoms with van der Waals surface area (Å²) >= 11 is 6.20. The molecule has 2 atom stereocenters. The minimum absolute atomic E-state index is 0.236. The number of methoxy groups -OCH3 is 1. The van der Waals surface area contributed by atoms with Crippen molar-refractivity contribution in [3.8, 4) is 11.5 Å². The van der Waals surface area contributed by atoms with Crippen molar-refractivity contribution in [3.63, 3.8) is 0 Å². The van der Waals surface area contributed by atoms with Gasteiger partial charge in [-0.3, -0.25) is 0 Å². The molecule has 0 amide bonds. The Morgan fingerprint density at radius 2 is 2.00 bits per heavy atom. The van der Waals surface area contributed by atoms with Crippen LogP contribution in [0, 0.1) is 0 Å². The fourth-order valence-electron chi connectivity index (χ4n) is 2.48. The normalized spacial score (nSPS) is 20.9. The molecule has 3 nitrogen and oxygen atoms in total. The lowest BCUT2D eigenvalue weighted by Crippen LogP contribution is -2.19. The first kappa shape index (κ1) is 13.3. The summed E-state index contributed by atoms with van der Waals surface area (Å²) in [4.78, 5) is 0. The molecule has 2 aromatic carbocycles. The van der Waals surface area contributed by atoms with E-state index in [0.29, 0.717) is 22.9 Å².